The maximum absolute atomic E-state index is 10.5. The topological polar surface area (TPSA) is 88.2 Å². The van der Waals surface area contributed by atoms with E-state index in [4.69, 9.17) is 5.11 Å². The van der Waals surface area contributed by atoms with Gasteiger partial charge in [0.2, 0.25) is 0 Å². The van der Waals surface area contributed by atoms with E-state index in [2.05, 4.69) is 26.0 Å². The Morgan fingerprint density at radius 1 is 1.53 bits per heavy atom. The van der Waals surface area contributed by atoms with Crippen LogP contribution in [0.4, 0.5) is 0 Å². The third-order valence-electron chi connectivity index (χ3n) is 2.25. The van der Waals surface area contributed by atoms with Gasteiger partial charge in [0, 0.05) is 11.5 Å². The van der Waals surface area contributed by atoms with Gasteiger partial charge in [-0.2, -0.15) is 5.10 Å². The van der Waals surface area contributed by atoms with E-state index >= 15 is 0 Å². The number of aromatic nitrogens is 3. The van der Waals surface area contributed by atoms with Gasteiger partial charge < -0.3 is 10.2 Å². The standard InChI is InChI=1S/C11H10BrN3O3S/c1-15-11(19-5-9(17)18)13-10(14-15)7-3-2-6(12)4-8(7)16/h2-4,16H,5H2,1H3,(H,17,18). The number of thioether (sulfide) groups is 1. The van der Waals surface area contributed by atoms with Crippen molar-refractivity contribution in [3.63, 3.8) is 0 Å². The Bertz CT molecular complexity index is 630. The fraction of sp³-hybridized carbons (Fsp3) is 0.182. The molecule has 1 aromatic heterocycles. The molecule has 0 saturated carbocycles. The number of carbonyl (C=O) groups is 1. The summed E-state index contributed by atoms with van der Waals surface area (Å²) in [6.07, 6.45) is 0. The lowest BCUT2D eigenvalue weighted by Gasteiger charge is -1.99. The minimum atomic E-state index is -0.916. The molecular formula is C11H10BrN3O3S. The molecular weight excluding hydrogens is 334 g/mol. The Balaban J connectivity index is 2.31. The van der Waals surface area contributed by atoms with E-state index in [0.717, 1.165) is 16.2 Å². The summed E-state index contributed by atoms with van der Waals surface area (Å²) in [5.74, 6) is -0.575. The van der Waals surface area contributed by atoms with E-state index in [1.54, 1.807) is 25.2 Å². The predicted molar refractivity (Wildman–Crippen MR) is 74.2 cm³/mol. The normalized spacial score (nSPS) is 10.6. The monoisotopic (exact) mass is 343 g/mol. The van der Waals surface area contributed by atoms with Gasteiger partial charge in [-0.1, -0.05) is 27.7 Å². The van der Waals surface area contributed by atoms with Gasteiger partial charge >= 0.3 is 5.97 Å². The average molecular weight is 344 g/mol. The summed E-state index contributed by atoms with van der Waals surface area (Å²) in [7, 11) is 1.68. The number of benzene rings is 1. The average Bonchev–Trinajstić information content (AvgIpc) is 2.67. The Hall–Kier alpha value is -1.54. The maximum atomic E-state index is 10.5. The summed E-state index contributed by atoms with van der Waals surface area (Å²) in [5, 5.41) is 23.1. The molecule has 8 heteroatoms. The molecule has 0 amide bonds. The number of hydrogen-bond donors (Lipinski definition) is 2. The molecule has 0 fully saturated rings. The molecule has 0 aliphatic heterocycles. The fourth-order valence-electron chi connectivity index (χ4n) is 1.43. The third kappa shape index (κ3) is 3.27. The van der Waals surface area contributed by atoms with E-state index in [-0.39, 0.29) is 11.5 Å². The van der Waals surface area contributed by atoms with Crippen molar-refractivity contribution in [3.8, 4) is 17.1 Å². The Labute approximate surface area is 121 Å². The highest BCUT2D eigenvalue weighted by Crippen LogP contribution is 2.30. The van der Waals surface area contributed by atoms with Crippen LogP contribution < -0.4 is 0 Å². The molecule has 0 atom stereocenters. The van der Waals surface area contributed by atoms with Gasteiger partial charge in [-0.05, 0) is 18.2 Å². The van der Waals surface area contributed by atoms with Gasteiger partial charge in [0.05, 0.1) is 11.3 Å². The second kappa shape index (κ2) is 5.62. The largest absolute Gasteiger partial charge is 0.507 e. The van der Waals surface area contributed by atoms with Crippen LogP contribution in [0.2, 0.25) is 0 Å². The molecule has 2 rings (SSSR count). The minimum absolute atomic E-state index is 0.0646. The molecule has 0 unspecified atom stereocenters. The van der Waals surface area contributed by atoms with E-state index in [1.165, 1.54) is 4.68 Å². The number of halogens is 1. The molecule has 2 aromatic rings. The smallest absolute Gasteiger partial charge is 0.313 e. The first kappa shape index (κ1) is 13.9. The van der Waals surface area contributed by atoms with Crippen molar-refractivity contribution >= 4 is 33.7 Å². The fourth-order valence-corrected chi connectivity index (χ4v) is 2.41. The number of aromatic hydroxyl groups is 1. The van der Waals surface area contributed by atoms with Crippen LogP contribution in [0.3, 0.4) is 0 Å². The molecule has 6 nitrogen and oxygen atoms in total. The summed E-state index contributed by atoms with van der Waals surface area (Å²) in [4.78, 5) is 14.7. The van der Waals surface area contributed by atoms with Gasteiger partial charge in [-0.3, -0.25) is 4.79 Å². The minimum Gasteiger partial charge on any atom is -0.507 e. The molecule has 100 valence electrons. The van der Waals surface area contributed by atoms with Crippen molar-refractivity contribution in [1.82, 2.24) is 14.8 Å². The Kier molecular flexibility index (Phi) is 4.11. The molecule has 19 heavy (non-hydrogen) atoms. The highest BCUT2D eigenvalue weighted by atomic mass is 79.9. The summed E-state index contributed by atoms with van der Waals surface area (Å²) in [5.41, 5.74) is 0.501. The number of phenols is 1. The quantitative estimate of drug-likeness (QED) is 0.826. The lowest BCUT2D eigenvalue weighted by atomic mass is 10.2. The van der Waals surface area contributed by atoms with Crippen LogP contribution in [0, 0.1) is 0 Å². The van der Waals surface area contributed by atoms with Crippen LogP contribution in [0.25, 0.3) is 11.4 Å². The van der Waals surface area contributed by atoms with Crippen molar-refractivity contribution in [1.29, 1.82) is 0 Å². The Morgan fingerprint density at radius 2 is 2.26 bits per heavy atom. The van der Waals surface area contributed by atoms with Crippen LogP contribution in [0.5, 0.6) is 5.75 Å². The number of carboxylic acids is 1. The van der Waals surface area contributed by atoms with E-state index in [1.807, 2.05) is 0 Å². The first-order valence-electron chi connectivity index (χ1n) is 5.22. The van der Waals surface area contributed by atoms with Crippen molar-refractivity contribution in [2.24, 2.45) is 7.05 Å². The second-order valence-electron chi connectivity index (χ2n) is 3.69. The molecule has 1 heterocycles. The van der Waals surface area contributed by atoms with Crippen LogP contribution >= 0.6 is 27.7 Å². The number of carboxylic acid groups (broad SMARTS) is 1. The first-order valence-corrected chi connectivity index (χ1v) is 6.99. The van der Waals surface area contributed by atoms with Gasteiger partial charge in [-0.25, -0.2) is 9.67 Å². The molecule has 1 aromatic carbocycles. The van der Waals surface area contributed by atoms with Gasteiger partial charge in [0.25, 0.3) is 0 Å². The van der Waals surface area contributed by atoms with Crippen LogP contribution in [-0.4, -0.2) is 36.7 Å². The number of rotatable bonds is 4. The lowest BCUT2D eigenvalue weighted by molar-refractivity contribution is -0.133. The summed E-state index contributed by atoms with van der Waals surface area (Å²) < 4.78 is 2.25. The molecule has 0 aliphatic carbocycles. The van der Waals surface area contributed by atoms with E-state index in [0.29, 0.717) is 16.5 Å². The first-order chi connectivity index (χ1) is 8.97. The van der Waals surface area contributed by atoms with Crippen molar-refractivity contribution in [2.45, 2.75) is 5.16 Å². The van der Waals surface area contributed by atoms with Crippen LogP contribution in [-0.2, 0) is 11.8 Å². The molecule has 2 N–H and O–H groups in total. The van der Waals surface area contributed by atoms with E-state index < -0.39 is 5.97 Å². The molecule has 0 bridgehead atoms. The number of phenolic OH excluding ortho intramolecular Hbond substituents is 1. The van der Waals surface area contributed by atoms with Crippen LogP contribution in [0.15, 0.2) is 27.8 Å². The highest BCUT2D eigenvalue weighted by Gasteiger charge is 2.14. The second-order valence-corrected chi connectivity index (χ2v) is 5.54. The van der Waals surface area contributed by atoms with E-state index in [9.17, 15) is 9.90 Å². The summed E-state index contributed by atoms with van der Waals surface area (Å²) in [6.45, 7) is 0. The lowest BCUT2D eigenvalue weighted by Crippen LogP contribution is -2.00. The SMILES string of the molecule is Cn1nc(-c2ccc(Br)cc2O)nc1SCC(=O)O. The maximum Gasteiger partial charge on any atom is 0.313 e. The number of aliphatic carboxylic acids is 1. The number of hydrogen-bond acceptors (Lipinski definition) is 5. The predicted octanol–water partition coefficient (Wildman–Crippen LogP) is 2.13. The third-order valence-corrected chi connectivity index (χ3v) is 3.75. The van der Waals surface area contributed by atoms with Crippen molar-refractivity contribution < 1.29 is 15.0 Å². The van der Waals surface area contributed by atoms with Gasteiger partial charge in [0.1, 0.15) is 5.75 Å². The van der Waals surface area contributed by atoms with Gasteiger partial charge in [0.15, 0.2) is 11.0 Å². The van der Waals surface area contributed by atoms with Crippen molar-refractivity contribution in [2.75, 3.05) is 5.75 Å². The molecule has 0 saturated heterocycles. The highest BCUT2D eigenvalue weighted by molar-refractivity contribution is 9.10. The zero-order valence-electron chi connectivity index (χ0n) is 9.87. The molecule has 0 aliphatic rings. The Morgan fingerprint density at radius 3 is 2.89 bits per heavy atom. The van der Waals surface area contributed by atoms with Gasteiger partial charge in [-0.15, -0.1) is 0 Å². The zero-order chi connectivity index (χ0) is 14.0. The van der Waals surface area contributed by atoms with Crippen LogP contribution in [0.1, 0.15) is 0 Å². The number of nitrogens with zero attached hydrogens (tertiary/aromatic N) is 3. The zero-order valence-corrected chi connectivity index (χ0v) is 12.3. The summed E-state index contributed by atoms with van der Waals surface area (Å²) >= 11 is 4.33. The summed E-state index contributed by atoms with van der Waals surface area (Å²) in [6, 6.07) is 5.02. The molecule has 0 radical (unpaired) electrons. The van der Waals surface area contributed by atoms with Crippen molar-refractivity contribution in [3.05, 3.63) is 22.7 Å². The molecule has 0 spiro atoms. The number of aryl methyl sites for hydroxylation is 1.